The summed E-state index contributed by atoms with van der Waals surface area (Å²) in [6, 6.07) is 8.03. The Balaban J connectivity index is 2.04. The number of nitrogens with one attached hydrogen (secondary N) is 1. The molecule has 0 saturated carbocycles. The van der Waals surface area contributed by atoms with Gasteiger partial charge in [-0.15, -0.1) is 0 Å². The zero-order valence-electron chi connectivity index (χ0n) is 10.3. The van der Waals surface area contributed by atoms with Gasteiger partial charge in [0.15, 0.2) is 0 Å². The van der Waals surface area contributed by atoms with Crippen LogP contribution in [0.3, 0.4) is 0 Å². The first-order valence-electron chi connectivity index (χ1n) is 5.78. The van der Waals surface area contributed by atoms with Gasteiger partial charge in [0.1, 0.15) is 0 Å². The third-order valence-corrected chi connectivity index (χ3v) is 2.76. The van der Waals surface area contributed by atoms with Crippen LogP contribution in [-0.2, 0) is 6.54 Å². The molecule has 5 heteroatoms. The molecule has 0 radical (unpaired) electrons. The molecule has 0 saturated heterocycles. The van der Waals surface area contributed by atoms with Crippen LogP contribution in [0.4, 0.5) is 0 Å². The minimum atomic E-state index is 0.627. The summed E-state index contributed by atoms with van der Waals surface area (Å²) < 4.78 is 5.24. The number of aromatic amines is 1. The summed E-state index contributed by atoms with van der Waals surface area (Å²) in [6.07, 6.45) is 1.91. The molecular weight excluding hydrogens is 228 g/mol. The van der Waals surface area contributed by atoms with Gasteiger partial charge in [0.2, 0.25) is 11.7 Å². The maximum absolute atomic E-state index is 5.24. The van der Waals surface area contributed by atoms with E-state index in [1.807, 2.05) is 49.5 Å². The lowest BCUT2D eigenvalue weighted by Gasteiger charge is -2.03. The second kappa shape index (κ2) is 4.27. The van der Waals surface area contributed by atoms with Crippen molar-refractivity contribution in [2.24, 2.45) is 0 Å². The number of hydrogen-bond donors (Lipinski definition) is 1. The summed E-state index contributed by atoms with van der Waals surface area (Å²) in [6.45, 7) is 0.649. The Morgan fingerprint density at radius 1 is 1.28 bits per heavy atom. The summed E-state index contributed by atoms with van der Waals surface area (Å²) in [7, 11) is 3.94. The van der Waals surface area contributed by atoms with Crippen molar-refractivity contribution in [1.82, 2.24) is 20.0 Å². The highest BCUT2D eigenvalue weighted by Crippen LogP contribution is 2.25. The first-order chi connectivity index (χ1) is 8.74. The van der Waals surface area contributed by atoms with Gasteiger partial charge in [-0.25, -0.2) is 0 Å². The van der Waals surface area contributed by atoms with E-state index in [0.29, 0.717) is 18.3 Å². The average molecular weight is 242 g/mol. The lowest BCUT2D eigenvalue weighted by Crippen LogP contribution is -2.10. The van der Waals surface area contributed by atoms with E-state index in [2.05, 4.69) is 15.1 Å². The Labute approximate surface area is 104 Å². The Kier molecular flexibility index (Phi) is 2.60. The normalized spacial score (nSPS) is 11.5. The van der Waals surface area contributed by atoms with Crippen LogP contribution in [0, 0.1) is 0 Å². The molecule has 0 aliphatic heterocycles. The lowest BCUT2D eigenvalue weighted by atomic mass is 10.1. The molecule has 3 aromatic rings. The van der Waals surface area contributed by atoms with Gasteiger partial charge >= 0.3 is 0 Å². The molecule has 0 aliphatic carbocycles. The van der Waals surface area contributed by atoms with Crippen molar-refractivity contribution in [2.75, 3.05) is 14.1 Å². The van der Waals surface area contributed by atoms with E-state index in [0.717, 1.165) is 16.5 Å². The molecule has 2 aromatic heterocycles. The fourth-order valence-electron chi connectivity index (χ4n) is 1.98. The van der Waals surface area contributed by atoms with E-state index in [9.17, 15) is 0 Å². The first-order valence-corrected chi connectivity index (χ1v) is 5.78. The van der Waals surface area contributed by atoms with E-state index in [-0.39, 0.29) is 0 Å². The average Bonchev–Trinajstić information content (AvgIpc) is 2.95. The molecule has 1 aromatic carbocycles. The van der Waals surface area contributed by atoms with Crippen LogP contribution in [0.25, 0.3) is 22.3 Å². The van der Waals surface area contributed by atoms with Crippen LogP contribution < -0.4 is 0 Å². The van der Waals surface area contributed by atoms with E-state index in [1.165, 1.54) is 0 Å². The smallest absolute Gasteiger partial charge is 0.241 e. The van der Waals surface area contributed by atoms with Crippen LogP contribution in [0.1, 0.15) is 5.89 Å². The number of H-pyrrole nitrogens is 1. The van der Waals surface area contributed by atoms with Gasteiger partial charge in [-0.2, -0.15) is 4.98 Å². The zero-order valence-corrected chi connectivity index (χ0v) is 10.3. The molecule has 0 atom stereocenters. The summed E-state index contributed by atoms with van der Waals surface area (Å²) in [5, 5.41) is 5.15. The van der Waals surface area contributed by atoms with E-state index in [4.69, 9.17) is 4.52 Å². The second-order valence-corrected chi connectivity index (χ2v) is 4.49. The van der Waals surface area contributed by atoms with Crippen LogP contribution in [0.15, 0.2) is 35.0 Å². The third kappa shape index (κ3) is 1.89. The lowest BCUT2D eigenvalue weighted by molar-refractivity contribution is 0.303. The molecule has 0 bridgehead atoms. The van der Waals surface area contributed by atoms with Gasteiger partial charge in [-0.3, -0.25) is 0 Å². The van der Waals surface area contributed by atoms with Crippen LogP contribution >= 0.6 is 0 Å². The minimum absolute atomic E-state index is 0.627. The molecule has 92 valence electrons. The number of aromatic nitrogens is 3. The van der Waals surface area contributed by atoms with Crippen molar-refractivity contribution in [3.63, 3.8) is 0 Å². The summed E-state index contributed by atoms with van der Waals surface area (Å²) in [5.41, 5.74) is 2.06. The molecule has 0 spiro atoms. The minimum Gasteiger partial charge on any atom is -0.361 e. The van der Waals surface area contributed by atoms with Crippen molar-refractivity contribution in [1.29, 1.82) is 0 Å². The van der Waals surface area contributed by atoms with E-state index in [1.54, 1.807) is 0 Å². The van der Waals surface area contributed by atoms with Gasteiger partial charge in [0.25, 0.3) is 0 Å². The van der Waals surface area contributed by atoms with Crippen molar-refractivity contribution in [2.45, 2.75) is 6.54 Å². The Hall–Kier alpha value is -2.14. The van der Waals surface area contributed by atoms with Crippen LogP contribution in [-0.4, -0.2) is 34.1 Å². The highest BCUT2D eigenvalue weighted by Gasteiger charge is 2.12. The molecule has 3 rings (SSSR count). The summed E-state index contributed by atoms with van der Waals surface area (Å²) in [4.78, 5) is 9.59. The number of hydrogen-bond acceptors (Lipinski definition) is 4. The Morgan fingerprint density at radius 3 is 3.00 bits per heavy atom. The fraction of sp³-hybridized carbons (Fsp3) is 0.231. The molecule has 0 unspecified atom stereocenters. The van der Waals surface area contributed by atoms with Gasteiger partial charge in [0.05, 0.1) is 6.54 Å². The predicted molar refractivity (Wildman–Crippen MR) is 69.0 cm³/mol. The Morgan fingerprint density at radius 2 is 2.17 bits per heavy atom. The molecule has 5 nitrogen and oxygen atoms in total. The van der Waals surface area contributed by atoms with Crippen molar-refractivity contribution in [3.8, 4) is 11.4 Å². The van der Waals surface area contributed by atoms with E-state index >= 15 is 0 Å². The number of rotatable bonds is 3. The molecular formula is C13H14N4O. The highest BCUT2D eigenvalue weighted by molar-refractivity contribution is 5.93. The molecule has 2 heterocycles. The molecule has 0 amide bonds. The topological polar surface area (TPSA) is 58.0 Å². The van der Waals surface area contributed by atoms with Crippen LogP contribution in [0.2, 0.25) is 0 Å². The number of nitrogens with zero attached hydrogens (tertiary/aromatic N) is 3. The van der Waals surface area contributed by atoms with E-state index < -0.39 is 0 Å². The largest absolute Gasteiger partial charge is 0.361 e. The third-order valence-electron chi connectivity index (χ3n) is 2.76. The summed E-state index contributed by atoms with van der Waals surface area (Å²) in [5.74, 6) is 1.26. The maximum atomic E-state index is 5.24. The van der Waals surface area contributed by atoms with Gasteiger partial charge in [-0.05, 0) is 26.2 Å². The zero-order chi connectivity index (χ0) is 12.5. The first kappa shape index (κ1) is 11.0. The maximum Gasteiger partial charge on any atom is 0.241 e. The molecule has 1 N–H and O–H groups in total. The Bertz CT molecular complexity index is 668. The van der Waals surface area contributed by atoms with Crippen molar-refractivity contribution >= 4 is 10.9 Å². The number of benzene rings is 1. The van der Waals surface area contributed by atoms with Gasteiger partial charge in [0, 0.05) is 22.7 Å². The highest BCUT2D eigenvalue weighted by atomic mass is 16.5. The molecule has 18 heavy (non-hydrogen) atoms. The van der Waals surface area contributed by atoms with Crippen LogP contribution in [0.5, 0.6) is 0 Å². The monoisotopic (exact) mass is 242 g/mol. The quantitative estimate of drug-likeness (QED) is 0.765. The summed E-state index contributed by atoms with van der Waals surface area (Å²) >= 11 is 0. The second-order valence-electron chi connectivity index (χ2n) is 4.49. The predicted octanol–water partition coefficient (Wildman–Crippen LogP) is 2.28. The standard InChI is InChI=1S/C13H14N4O/c1-17(2)8-12-15-13(16-18-12)10-4-3-5-11-9(10)6-7-14-11/h3-7,14H,8H2,1-2H3. The SMILES string of the molecule is CN(C)Cc1nc(-c2cccc3[nH]ccc23)no1. The molecule has 0 fully saturated rings. The number of fused-ring (bicyclic) bond motifs is 1. The van der Waals surface area contributed by atoms with Crippen molar-refractivity contribution in [3.05, 3.63) is 36.4 Å². The van der Waals surface area contributed by atoms with Crippen molar-refractivity contribution < 1.29 is 4.52 Å². The van der Waals surface area contributed by atoms with Gasteiger partial charge in [-0.1, -0.05) is 17.3 Å². The fourth-order valence-corrected chi connectivity index (χ4v) is 1.98. The van der Waals surface area contributed by atoms with Gasteiger partial charge < -0.3 is 14.4 Å². The molecule has 0 aliphatic rings.